The summed E-state index contributed by atoms with van der Waals surface area (Å²) in [6.45, 7) is 11.1. The Labute approximate surface area is 146 Å². The smallest absolute Gasteiger partial charge is 0.429 e. The lowest BCUT2D eigenvalue weighted by atomic mass is 9.98. The number of rotatable bonds is 2. The van der Waals surface area contributed by atoms with Gasteiger partial charge in [0, 0.05) is 5.41 Å². The minimum absolute atomic E-state index is 0.191. The summed E-state index contributed by atoms with van der Waals surface area (Å²) in [7, 11) is 1.26. The number of hydrazine groups is 1. The second kappa shape index (κ2) is 7.24. The van der Waals surface area contributed by atoms with Crippen LogP contribution in [0.25, 0.3) is 0 Å². The number of anilines is 1. The molecule has 24 heavy (non-hydrogen) atoms. The van der Waals surface area contributed by atoms with Gasteiger partial charge >= 0.3 is 12.1 Å². The average Bonchev–Trinajstić information content (AvgIpc) is 2.85. The molecule has 1 aromatic heterocycles. The highest BCUT2D eigenvalue weighted by atomic mass is 32.1. The van der Waals surface area contributed by atoms with E-state index < -0.39 is 17.7 Å². The minimum atomic E-state index is -0.763. The maximum atomic E-state index is 12.1. The number of nitrogens with two attached hydrogens (primary N) is 1. The lowest BCUT2D eigenvalue weighted by Gasteiger charge is -2.24. The molecule has 0 atom stereocenters. The van der Waals surface area contributed by atoms with Crippen molar-refractivity contribution in [2.45, 2.75) is 47.1 Å². The van der Waals surface area contributed by atoms with E-state index in [1.54, 1.807) is 26.8 Å². The van der Waals surface area contributed by atoms with Crippen LogP contribution in [0.5, 0.6) is 0 Å². The fourth-order valence-corrected chi connectivity index (χ4v) is 2.44. The maximum Gasteiger partial charge on any atom is 0.429 e. The second-order valence-electron chi connectivity index (χ2n) is 7.17. The number of hydrogen-bond donors (Lipinski definition) is 1. The zero-order chi connectivity index (χ0) is 18.7. The maximum absolute atomic E-state index is 12.1. The van der Waals surface area contributed by atoms with Gasteiger partial charge in [-0.05, 0) is 47.6 Å². The molecule has 0 saturated heterocycles. The number of hydrogen-bond acceptors (Lipinski definition) is 6. The summed E-state index contributed by atoms with van der Waals surface area (Å²) in [5, 5.41) is 0.802. The first-order valence-electron chi connectivity index (χ1n) is 7.37. The topological polar surface area (TPSA) is 81.9 Å². The van der Waals surface area contributed by atoms with Gasteiger partial charge in [-0.3, -0.25) is 0 Å². The highest BCUT2D eigenvalue weighted by molar-refractivity contribution is 7.15. The summed E-state index contributed by atoms with van der Waals surface area (Å²) >= 11 is 1.12. The van der Waals surface area contributed by atoms with Gasteiger partial charge in [-0.15, -0.1) is 11.3 Å². The SMILES string of the molecule is COC(=O)c1sc(C#CC(C)(C)C)cc1N(N)C(=O)OC(C)(C)C. The average molecular weight is 352 g/mol. The monoisotopic (exact) mass is 352 g/mol. The Morgan fingerprint density at radius 3 is 2.25 bits per heavy atom. The van der Waals surface area contributed by atoms with Gasteiger partial charge in [0.05, 0.1) is 17.7 Å². The van der Waals surface area contributed by atoms with Crippen molar-refractivity contribution in [1.29, 1.82) is 0 Å². The molecule has 0 aromatic carbocycles. The molecule has 0 aliphatic rings. The summed E-state index contributed by atoms with van der Waals surface area (Å²) in [4.78, 5) is 24.9. The van der Waals surface area contributed by atoms with Gasteiger partial charge in [0.2, 0.25) is 0 Å². The van der Waals surface area contributed by atoms with Crippen LogP contribution in [0.1, 0.15) is 56.1 Å². The third-order valence-electron chi connectivity index (χ3n) is 2.49. The molecule has 1 aromatic rings. The number of carbonyl (C=O) groups is 2. The van der Waals surface area contributed by atoms with E-state index in [0.717, 1.165) is 16.3 Å². The van der Waals surface area contributed by atoms with Crippen molar-refractivity contribution in [3.05, 3.63) is 15.8 Å². The van der Waals surface area contributed by atoms with Crippen LogP contribution in [0.15, 0.2) is 6.07 Å². The lowest BCUT2D eigenvalue weighted by molar-refractivity contribution is 0.0579. The molecule has 0 bridgehead atoms. The normalized spacial score (nSPS) is 11.3. The number of thiophene rings is 1. The Bertz CT molecular complexity index is 684. The molecule has 6 nitrogen and oxygen atoms in total. The fraction of sp³-hybridized carbons (Fsp3) is 0.529. The standard InChI is InChI=1S/C17H24N2O4S/c1-16(2,3)9-8-11-10-12(13(24-11)14(20)22-7)19(18)15(21)23-17(4,5)6/h10H,18H2,1-7H3. The molecule has 0 unspecified atom stereocenters. The van der Waals surface area contributed by atoms with Crippen molar-refractivity contribution >= 4 is 29.1 Å². The third kappa shape index (κ3) is 5.87. The number of ether oxygens (including phenoxy) is 2. The number of nitrogens with zero attached hydrogens (tertiary/aromatic N) is 1. The van der Waals surface area contributed by atoms with Crippen LogP contribution in [0.3, 0.4) is 0 Å². The van der Waals surface area contributed by atoms with Crippen LogP contribution >= 0.6 is 11.3 Å². The Morgan fingerprint density at radius 2 is 1.79 bits per heavy atom. The van der Waals surface area contributed by atoms with Gasteiger partial charge in [-0.2, -0.15) is 0 Å². The molecule has 0 aliphatic heterocycles. The summed E-state index contributed by atoms with van der Waals surface area (Å²) < 4.78 is 9.98. The van der Waals surface area contributed by atoms with Crippen molar-refractivity contribution in [3.63, 3.8) is 0 Å². The van der Waals surface area contributed by atoms with Crippen molar-refractivity contribution in [2.24, 2.45) is 11.3 Å². The van der Waals surface area contributed by atoms with Crippen LogP contribution in [0.4, 0.5) is 10.5 Å². The van der Waals surface area contributed by atoms with Gasteiger partial charge in [0.1, 0.15) is 10.5 Å². The van der Waals surface area contributed by atoms with E-state index in [-0.39, 0.29) is 16.0 Å². The predicted molar refractivity (Wildman–Crippen MR) is 94.9 cm³/mol. The van der Waals surface area contributed by atoms with Gasteiger partial charge in [-0.25, -0.2) is 20.4 Å². The zero-order valence-electron chi connectivity index (χ0n) is 15.1. The molecule has 1 amide bonds. The Hall–Kier alpha value is -2.04. The molecule has 2 N–H and O–H groups in total. The predicted octanol–water partition coefficient (Wildman–Crippen LogP) is 3.55. The van der Waals surface area contributed by atoms with Crippen LogP contribution in [-0.4, -0.2) is 24.8 Å². The van der Waals surface area contributed by atoms with Crippen molar-refractivity contribution in [3.8, 4) is 11.8 Å². The van der Waals surface area contributed by atoms with Crippen molar-refractivity contribution in [2.75, 3.05) is 12.1 Å². The summed E-state index contributed by atoms with van der Waals surface area (Å²) in [6.07, 6.45) is -0.763. The second-order valence-corrected chi connectivity index (χ2v) is 8.22. The highest BCUT2D eigenvalue weighted by Crippen LogP contribution is 2.30. The molecular formula is C17H24N2O4S. The molecular weight excluding hydrogens is 328 g/mol. The molecule has 1 rings (SSSR count). The third-order valence-corrected chi connectivity index (χ3v) is 3.51. The molecule has 0 radical (unpaired) electrons. The van der Waals surface area contributed by atoms with Gasteiger partial charge in [0.25, 0.3) is 0 Å². The largest absolute Gasteiger partial charge is 0.465 e. The molecule has 132 valence electrons. The molecule has 7 heteroatoms. The van der Waals surface area contributed by atoms with Gasteiger partial charge in [0.15, 0.2) is 0 Å². The Morgan fingerprint density at radius 1 is 1.21 bits per heavy atom. The van der Waals surface area contributed by atoms with Crippen molar-refractivity contribution in [1.82, 2.24) is 0 Å². The number of amides is 1. The van der Waals surface area contributed by atoms with Crippen LogP contribution in [0.2, 0.25) is 0 Å². The fourth-order valence-electron chi connectivity index (χ4n) is 1.52. The summed E-state index contributed by atoms with van der Waals surface area (Å²) in [6, 6.07) is 1.58. The number of esters is 1. The summed E-state index contributed by atoms with van der Waals surface area (Å²) in [5.41, 5.74) is -0.687. The molecule has 1 heterocycles. The number of methoxy groups -OCH3 is 1. The first-order chi connectivity index (χ1) is 10.8. The Balaban J connectivity index is 3.24. The first kappa shape index (κ1) is 20.0. The lowest BCUT2D eigenvalue weighted by Crippen LogP contribution is -2.42. The van der Waals surface area contributed by atoms with E-state index in [1.807, 2.05) is 20.8 Å². The van der Waals surface area contributed by atoms with Crippen LogP contribution in [-0.2, 0) is 9.47 Å². The quantitative estimate of drug-likeness (QED) is 0.289. The zero-order valence-corrected chi connectivity index (χ0v) is 16.0. The first-order valence-corrected chi connectivity index (χ1v) is 8.19. The minimum Gasteiger partial charge on any atom is -0.465 e. The number of carbonyl (C=O) groups excluding carboxylic acids is 2. The van der Waals surface area contributed by atoms with Crippen LogP contribution in [0, 0.1) is 17.3 Å². The van der Waals surface area contributed by atoms with Gasteiger partial charge in [-0.1, -0.05) is 11.8 Å². The van der Waals surface area contributed by atoms with E-state index in [4.69, 9.17) is 15.3 Å². The molecule has 0 saturated carbocycles. The van der Waals surface area contributed by atoms with Crippen molar-refractivity contribution < 1.29 is 19.1 Å². The van der Waals surface area contributed by atoms with E-state index >= 15 is 0 Å². The van der Waals surface area contributed by atoms with Gasteiger partial charge < -0.3 is 9.47 Å². The molecule has 0 spiro atoms. The summed E-state index contributed by atoms with van der Waals surface area (Å²) in [5.74, 6) is 11.3. The molecule has 0 aliphatic carbocycles. The molecule has 0 fully saturated rings. The Kier molecular flexibility index (Phi) is 6.04. The van der Waals surface area contributed by atoms with E-state index in [1.165, 1.54) is 7.11 Å². The van der Waals surface area contributed by atoms with E-state index in [0.29, 0.717) is 4.88 Å². The van der Waals surface area contributed by atoms with E-state index in [9.17, 15) is 9.59 Å². The highest BCUT2D eigenvalue weighted by Gasteiger charge is 2.27. The van der Waals surface area contributed by atoms with E-state index in [2.05, 4.69) is 11.8 Å². The van der Waals surface area contributed by atoms with Crippen LogP contribution < -0.4 is 10.9 Å².